The van der Waals surface area contributed by atoms with Gasteiger partial charge in [-0.2, -0.15) is 0 Å². The molecule has 0 aromatic rings. The molecule has 0 aromatic heterocycles. The molecule has 366 valence electrons. The van der Waals surface area contributed by atoms with Crippen molar-refractivity contribution in [1.29, 1.82) is 0 Å². The molecule has 0 unspecified atom stereocenters. The number of hydrogen-bond acceptors (Lipinski definition) is 16. The summed E-state index contributed by atoms with van der Waals surface area (Å²) in [7, 11) is 0. The van der Waals surface area contributed by atoms with Crippen LogP contribution >= 0.6 is 0 Å². The first-order valence-electron chi connectivity index (χ1n) is 23.7. The Morgan fingerprint density at radius 3 is 2.08 bits per heavy atom. The first-order valence-corrected chi connectivity index (χ1v) is 23.7. The number of allylic oxidation sites excluding steroid dienone is 2. The normalized spacial score (nSPS) is 55.0. The Hall–Kier alpha value is -1.39. The lowest BCUT2D eigenvalue weighted by Crippen LogP contribution is -2.67. The van der Waals surface area contributed by atoms with Gasteiger partial charge in [-0.1, -0.05) is 53.2 Å². The second-order valence-electron chi connectivity index (χ2n) is 22.9. The van der Waals surface area contributed by atoms with E-state index in [1.165, 1.54) is 12.5 Å². The first kappa shape index (κ1) is 49.0. The summed E-state index contributed by atoms with van der Waals surface area (Å²) in [5.41, 5.74) is -0.496. The van der Waals surface area contributed by atoms with Gasteiger partial charge in [0.15, 0.2) is 18.9 Å². The number of aliphatic hydroxyl groups excluding tert-OH is 9. The van der Waals surface area contributed by atoms with Crippen LogP contribution in [0.4, 0.5) is 0 Å². The van der Waals surface area contributed by atoms with E-state index in [-0.39, 0.29) is 52.6 Å². The second-order valence-corrected chi connectivity index (χ2v) is 22.9. The molecule has 17 heteroatoms. The Bertz CT molecular complexity index is 1750. The highest BCUT2D eigenvalue weighted by Crippen LogP contribution is 2.76. The molecule has 3 aliphatic heterocycles. The number of ether oxygens (including phenoxy) is 6. The van der Waals surface area contributed by atoms with E-state index >= 15 is 0 Å². The fourth-order valence-corrected chi connectivity index (χ4v) is 14.8. The SMILES string of the molecule is C[C@@H]1O[C@@H](O[C@H]2[C@H](O[C@@H]3CO[C@H](O[C@@H]4CC[C@]5(C)[C@H](CC[C@]6(C)[C@@H]5CC=C5[C@H]7CC(C)(C)CC[C@]7(C(=O)O)CC[C@]56C)[C@]4(C)CO)[C@H](O)[C@H]3O)O[C@H](CO)[C@@H](O)[C@@H]2O)[C@H](O)[C@H](O)[C@H]1O. The third-order valence-electron chi connectivity index (χ3n) is 19.1. The number of carboxylic acid groups (broad SMARTS) is 1. The van der Waals surface area contributed by atoms with Crippen LogP contribution in [0.25, 0.3) is 0 Å². The Kier molecular flexibility index (Phi) is 13.2. The first-order chi connectivity index (χ1) is 29.9. The summed E-state index contributed by atoms with van der Waals surface area (Å²) in [6.07, 6.45) is -11.6. The molecular weight excluding hydrogens is 837 g/mol. The number of aliphatic hydroxyl groups is 9. The summed E-state index contributed by atoms with van der Waals surface area (Å²) in [4.78, 5) is 13.1. The quantitative estimate of drug-likeness (QED) is 0.116. The summed E-state index contributed by atoms with van der Waals surface area (Å²) in [5, 5.41) is 108. The van der Waals surface area contributed by atoms with Gasteiger partial charge in [-0.05, 0) is 111 Å². The second kappa shape index (κ2) is 17.2. The molecule has 5 aliphatic carbocycles. The maximum Gasteiger partial charge on any atom is 0.310 e. The minimum absolute atomic E-state index is 0.00625. The van der Waals surface area contributed by atoms with Crippen molar-refractivity contribution in [2.75, 3.05) is 19.8 Å². The molecule has 8 rings (SSSR count). The van der Waals surface area contributed by atoms with Gasteiger partial charge in [0.2, 0.25) is 0 Å². The Morgan fingerprint density at radius 2 is 1.41 bits per heavy atom. The van der Waals surface area contributed by atoms with Crippen molar-refractivity contribution in [2.45, 2.75) is 205 Å². The van der Waals surface area contributed by atoms with E-state index in [1.54, 1.807) is 0 Å². The van der Waals surface area contributed by atoms with Crippen LogP contribution in [0.5, 0.6) is 0 Å². The van der Waals surface area contributed by atoms with Crippen molar-refractivity contribution in [2.24, 2.45) is 50.2 Å². The largest absolute Gasteiger partial charge is 0.481 e. The highest BCUT2D eigenvalue weighted by molar-refractivity contribution is 5.76. The third kappa shape index (κ3) is 7.49. The average Bonchev–Trinajstić information content (AvgIpc) is 3.24. The van der Waals surface area contributed by atoms with Crippen molar-refractivity contribution in [3.8, 4) is 0 Å². The molecule has 0 spiro atoms. The predicted molar refractivity (Wildman–Crippen MR) is 225 cm³/mol. The van der Waals surface area contributed by atoms with Crippen molar-refractivity contribution >= 4 is 5.97 Å². The molecule has 0 bridgehead atoms. The predicted octanol–water partition coefficient (Wildman–Crippen LogP) is 1.35. The van der Waals surface area contributed by atoms with Gasteiger partial charge in [0.25, 0.3) is 0 Å². The highest BCUT2D eigenvalue weighted by Gasteiger charge is 2.70. The standard InChI is InChI=1S/C47H76O17/c1-22-30(50)33(53)36(56)39(60-22)64-37-34(54)31(51)25(19-48)61-40(37)62-26-20-59-38(35(55)32(26)52)63-29-11-12-43(4)27(44(29,5)21-49)10-13-46(7)28(43)9-8-23-24-18-42(2,3)14-16-47(24,41(57)58)17-15-45(23,46)6/h8,22,24-40,48-56H,9-21H2,1-7H3,(H,57,58)/t22-,24+,25+,26+,27-,28+,29+,30-,31+,32-,33+,34-,35+,36+,37+,38+,39-,40-,43+,44-,45+,46+,47-/m0/s1. The molecule has 4 saturated carbocycles. The Morgan fingerprint density at radius 1 is 0.719 bits per heavy atom. The van der Waals surface area contributed by atoms with Gasteiger partial charge in [-0.15, -0.1) is 0 Å². The zero-order chi connectivity index (χ0) is 46.7. The fourth-order valence-electron chi connectivity index (χ4n) is 14.8. The van der Waals surface area contributed by atoms with Crippen LogP contribution < -0.4 is 0 Å². The van der Waals surface area contributed by atoms with Crippen molar-refractivity contribution in [3.05, 3.63) is 11.6 Å². The molecule has 0 amide bonds. The summed E-state index contributed by atoms with van der Waals surface area (Å²) in [6, 6.07) is 0. The van der Waals surface area contributed by atoms with E-state index in [4.69, 9.17) is 28.4 Å². The minimum atomic E-state index is -1.78. The lowest BCUT2D eigenvalue weighted by molar-refractivity contribution is -0.382. The summed E-state index contributed by atoms with van der Waals surface area (Å²) in [6.45, 7) is 14.0. The number of carboxylic acids is 1. The highest BCUT2D eigenvalue weighted by atomic mass is 16.8. The Balaban J connectivity index is 0.967. The smallest absolute Gasteiger partial charge is 0.310 e. The van der Waals surface area contributed by atoms with Crippen molar-refractivity contribution < 1.29 is 84.3 Å². The average molecular weight is 913 g/mol. The molecule has 17 nitrogen and oxygen atoms in total. The van der Waals surface area contributed by atoms with Crippen LogP contribution in [0.15, 0.2) is 11.6 Å². The summed E-state index contributed by atoms with van der Waals surface area (Å²) < 4.78 is 35.8. The zero-order valence-electron chi connectivity index (χ0n) is 38.5. The van der Waals surface area contributed by atoms with Gasteiger partial charge in [0.1, 0.15) is 61.0 Å². The van der Waals surface area contributed by atoms with E-state index in [0.717, 1.165) is 44.9 Å². The maximum absolute atomic E-state index is 13.1. The molecule has 8 aliphatic rings. The molecule has 10 N–H and O–H groups in total. The number of fused-ring (bicyclic) bond motifs is 7. The summed E-state index contributed by atoms with van der Waals surface area (Å²) >= 11 is 0. The topological polar surface area (TPSA) is 275 Å². The van der Waals surface area contributed by atoms with Crippen LogP contribution in [0, 0.1) is 50.2 Å². The Labute approximate surface area is 376 Å². The van der Waals surface area contributed by atoms with Crippen LogP contribution in [0.3, 0.4) is 0 Å². The molecule has 0 aromatic carbocycles. The van der Waals surface area contributed by atoms with Gasteiger partial charge in [-0.25, -0.2) is 0 Å². The van der Waals surface area contributed by atoms with E-state index in [1.807, 2.05) is 6.92 Å². The van der Waals surface area contributed by atoms with E-state index < -0.39 is 116 Å². The number of hydrogen-bond donors (Lipinski definition) is 10. The minimum Gasteiger partial charge on any atom is -0.481 e. The molecule has 64 heavy (non-hydrogen) atoms. The lowest BCUT2D eigenvalue weighted by atomic mass is 9.33. The van der Waals surface area contributed by atoms with Crippen LogP contribution in [-0.2, 0) is 33.2 Å². The molecule has 3 saturated heterocycles. The summed E-state index contributed by atoms with van der Waals surface area (Å²) in [5.74, 6) is -0.333. The third-order valence-corrected chi connectivity index (χ3v) is 19.1. The van der Waals surface area contributed by atoms with Gasteiger partial charge in [0.05, 0.1) is 37.4 Å². The van der Waals surface area contributed by atoms with Gasteiger partial charge in [0, 0.05) is 5.41 Å². The molecule has 23 atom stereocenters. The number of aliphatic carboxylic acids is 1. The number of rotatable bonds is 9. The van der Waals surface area contributed by atoms with E-state index in [9.17, 15) is 55.9 Å². The molecular formula is C47H76O17. The van der Waals surface area contributed by atoms with Gasteiger partial charge < -0.3 is 79.5 Å². The van der Waals surface area contributed by atoms with Crippen molar-refractivity contribution in [1.82, 2.24) is 0 Å². The number of carbonyl (C=O) groups is 1. The van der Waals surface area contributed by atoms with Crippen LogP contribution in [0.2, 0.25) is 0 Å². The van der Waals surface area contributed by atoms with Crippen LogP contribution in [-0.4, -0.2) is 169 Å². The monoisotopic (exact) mass is 913 g/mol. The van der Waals surface area contributed by atoms with E-state index in [2.05, 4.69) is 40.7 Å². The molecule has 3 heterocycles. The fraction of sp³-hybridized carbons (Fsp3) is 0.936. The zero-order valence-corrected chi connectivity index (χ0v) is 38.5. The van der Waals surface area contributed by atoms with Gasteiger partial charge >= 0.3 is 5.97 Å². The van der Waals surface area contributed by atoms with Crippen LogP contribution in [0.1, 0.15) is 113 Å². The van der Waals surface area contributed by atoms with Crippen molar-refractivity contribution in [3.63, 3.8) is 0 Å². The maximum atomic E-state index is 13.1. The molecule has 0 radical (unpaired) electrons. The van der Waals surface area contributed by atoms with E-state index in [0.29, 0.717) is 19.3 Å². The van der Waals surface area contributed by atoms with Gasteiger partial charge in [-0.3, -0.25) is 4.79 Å². The molecule has 7 fully saturated rings. The lowest BCUT2D eigenvalue weighted by Gasteiger charge is -2.71.